The zero-order valence-electron chi connectivity index (χ0n) is 11.7. The molecule has 0 aliphatic heterocycles. The van der Waals surface area contributed by atoms with Gasteiger partial charge in [-0.15, -0.1) is 0 Å². The molecule has 1 heterocycles. The second-order valence-corrected chi connectivity index (χ2v) is 4.76. The first kappa shape index (κ1) is 13.3. The minimum Gasteiger partial charge on any atom is -0.457 e. The van der Waals surface area contributed by atoms with Crippen LogP contribution < -0.4 is 4.74 Å². The van der Waals surface area contributed by atoms with Crippen LogP contribution in [0.15, 0.2) is 60.8 Å². The van der Waals surface area contributed by atoms with Crippen LogP contribution in [0.25, 0.3) is 10.9 Å². The number of benzene rings is 2. The Hall–Kier alpha value is -2.68. The third kappa shape index (κ3) is 2.92. The molecule has 0 unspecified atom stereocenters. The van der Waals surface area contributed by atoms with Gasteiger partial charge in [-0.1, -0.05) is 25.1 Å². The molecule has 0 aliphatic carbocycles. The minimum atomic E-state index is 0.112. The van der Waals surface area contributed by atoms with Crippen LogP contribution in [0.5, 0.6) is 11.5 Å². The van der Waals surface area contributed by atoms with Crippen molar-refractivity contribution in [3.63, 3.8) is 0 Å². The lowest BCUT2D eigenvalue weighted by Crippen LogP contribution is -1.96. The summed E-state index contributed by atoms with van der Waals surface area (Å²) in [5.74, 6) is 1.48. The number of hydrogen-bond donors (Lipinski definition) is 0. The highest BCUT2D eigenvalue weighted by Crippen LogP contribution is 2.25. The van der Waals surface area contributed by atoms with Crippen LogP contribution in [-0.4, -0.2) is 10.8 Å². The monoisotopic (exact) mass is 277 g/mol. The normalized spacial score (nSPS) is 10.5. The predicted octanol–water partition coefficient (Wildman–Crippen LogP) is 4.62. The molecule has 0 N–H and O–H groups in total. The van der Waals surface area contributed by atoms with Gasteiger partial charge in [-0.05, 0) is 30.3 Å². The molecular formula is C18H15NO2. The fraction of sp³-hybridized carbons (Fsp3) is 0.111. The molecule has 3 heteroatoms. The highest BCUT2D eigenvalue weighted by molar-refractivity contribution is 5.96. The topological polar surface area (TPSA) is 39.2 Å². The van der Waals surface area contributed by atoms with E-state index in [9.17, 15) is 4.79 Å². The summed E-state index contributed by atoms with van der Waals surface area (Å²) in [5.41, 5.74) is 1.56. The molecule has 0 radical (unpaired) electrons. The average Bonchev–Trinajstić information content (AvgIpc) is 2.54. The van der Waals surface area contributed by atoms with Crippen molar-refractivity contribution in [2.24, 2.45) is 0 Å². The number of pyridine rings is 1. The van der Waals surface area contributed by atoms with Crippen molar-refractivity contribution in [2.45, 2.75) is 13.3 Å². The van der Waals surface area contributed by atoms with E-state index in [0.29, 0.717) is 23.5 Å². The highest BCUT2D eigenvalue weighted by Gasteiger charge is 2.05. The number of ketones is 1. The fourth-order valence-corrected chi connectivity index (χ4v) is 2.18. The Labute approximate surface area is 123 Å². The second kappa shape index (κ2) is 5.75. The van der Waals surface area contributed by atoms with Gasteiger partial charge < -0.3 is 4.74 Å². The maximum atomic E-state index is 11.7. The largest absolute Gasteiger partial charge is 0.457 e. The fourth-order valence-electron chi connectivity index (χ4n) is 2.18. The molecule has 0 bridgehead atoms. The summed E-state index contributed by atoms with van der Waals surface area (Å²) < 4.78 is 5.83. The molecule has 0 spiro atoms. The summed E-state index contributed by atoms with van der Waals surface area (Å²) in [5, 5.41) is 1.07. The number of nitrogens with zero attached hydrogens (tertiary/aromatic N) is 1. The minimum absolute atomic E-state index is 0.112. The summed E-state index contributed by atoms with van der Waals surface area (Å²) in [7, 11) is 0. The highest BCUT2D eigenvalue weighted by atomic mass is 16.5. The Bertz CT molecular complexity index is 796. The van der Waals surface area contributed by atoms with E-state index >= 15 is 0 Å². The number of rotatable bonds is 4. The van der Waals surface area contributed by atoms with Crippen LogP contribution in [0, 0.1) is 0 Å². The zero-order chi connectivity index (χ0) is 14.7. The van der Waals surface area contributed by atoms with Gasteiger partial charge in [0.1, 0.15) is 11.5 Å². The molecule has 0 saturated carbocycles. The van der Waals surface area contributed by atoms with Crippen LogP contribution in [-0.2, 0) is 0 Å². The molecule has 0 fully saturated rings. The molecule has 2 aromatic carbocycles. The van der Waals surface area contributed by atoms with Crippen LogP contribution >= 0.6 is 0 Å². The first-order chi connectivity index (χ1) is 10.3. The number of Topliss-reactive ketones (excluding diaryl/α,β-unsaturated/α-hetero) is 1. The van der Waals surface area contributed by atoms with Crippen molar-refractivity contribution in [3.8, 4) is 11.5 Å². The van der Waals surface area contributed by atoms with Gasteiger partial charge in [0.2, 0.25) is 0 Å². The van der Waals surface area contributed by atoms with Gasteiger partial charge in [-0.2, -0.15) is 0 Å². The molecular weight excluding hydrogens is 262 g/mol. The lowest BCUT2D eigenvalue weighted by molar-refractivity contribution is 0.0988. The van der Waals surface area contributed by atoms with Gasteiger partial charge in [-0.25, -0.2) is 0 Å². The molecule has 3 aromatic rings. The Kier molecular flexibility index (Phi) is 3.65. The zero-order valence-corrected chi connectivity index (χ0v) is 11.7. The smallest absolute Gasteiger partial charge is 0.162 e. The van der Waals surface area contributed by atoms with Crippen molar-refractivity contribution < 1.29 is 9.53 Å². The van der Waals surface area contributed by atoms with E-state index in [2.05, 4.69) is 4.98 Å². The Balaban J connectivity index is 1.89. The molecule has 1 aromatic heterocycles. The molecule has 0 saturated heterocycles. The van der Waals surface area contributed by atoms with E-state index in [1.54, 1.807) is 18.3 Å². The first-order valence-corrected chi connectivity index (χ1v) is 6.92. The third-order valence-corrected chi connectivity index (χ3v) is 3.29. The summed E-state index contributed by atoms with van der Waals surface area (Å²) in [6.45, 7) is 1.85. The van der Waals surface area contributed by atoms with Gasteiger partial charge in [0.25, 0.3) is 0 Å². The van der Waals surface area contributed by atoms with Crippen molar-refractivity contribution in [2.75, 3.05) is 0 Å². The Morgan fingerprint density at radius 2 is 1.90 bits per heavy atom. The number of ether oxygens (including phenoxy) is 1. The van der Waals surface area contributed by atoms with Gasteiger partial charge in [-0.3, -0.25) is 9.78 Å². The van der Waals surface area contributed by atoms with Crippen molar-refractivity contribution >= 4 is 16.7 Å². The molecule has 0 aliphatic rings. The average molecular weight is 277 g/mol. The Morgan fingerprint density at radius 3 is 2.76 bits per heavy atom. The van der Waals surface area contributed by atoms with E-state index < -0.39 is 0 Å². The van der Waals surface area contributed by atoms with Crippen LogP contribution in [0.2, 0.25) is 0 Å². The van der Waals surface area contributed by atoms with E-state index in [1.807, 2.05) is 49.4 Å². The van der Waals surface area contributed by atoms with Gasteiger partial charge in [0, 0.05) is 29.6 Å². The maximum absolute atomic E-state index is 11.7. The molecule has 3 nitrogen and oxygen atoms in total. The molecule has 3 rings (SSSR count). The number of carbonyl (C=O) groups excluding carboxylic acids is 1. The van der Waals surface area contributed by atoms with Gasteiger partial charge in [0.05, 0.1) is 5.52 Å². The van der Waals surface area contributed by atoms with Crippen molar-refractivity contribution in [1.82, 2.24) is 4.98 Å². The molecule has 104 valence electrons. The van der Waals surface area contributed by atoms with E-state index in [1.165, 1.54) is 0 Å². The molecule has 0 amide bonds. The van der Waals surface area contributed by atoms with E-state index in [4.69, 9.17) is 4.74 Å². The van der Waals surface area contributed by atoms with Gasteiger partial charge in [0.15, 0.2) is 5.78 Å². The summed E-state index contributed by atoms with van der Waals surface area (Å²) >= 11 is 0. The van der Waals surface area contributed by atoms with E-state index in [-0.39, 0.29) is 5.78 Å². The van der Waals surface area contributed by atoms with E-state index in [0.717, 1.165) is 10.9 Å². The second-order valence-electron chi connectivity index (χ2n) is 4.76. The standard InChI is InChI=1S/C18H15NO2/c1-2-18(20)14-5-3-7-15(11-14)21-16-9-8-13-6-4-10-19-17(13)12-16/h3-12H,2H2,1H3. The predicted molar refractivity (Wildman–Crippen MR) is 82.9 cm³/mol. The number of carbonyl (C=O) groups is 1. The van der Waals surface area contributed by atoms with Crippen LogP contribution in [0.3, 0.4) is 0 Å². The first-order valence-electron chi connectivity index (χ1n) is 6.92. The third-order valence-electron chi connectivity index (χ3n) is 3.29. The summed E-state index contributed by atoms with van der Waals surface area (Å²) in [6.07, 6.45) is 2.25. The maximum Gasteiger partial charge on any atom is 0.162 e. The Morgan fingerprint density at radius 1 is 1.05 bits per heavy atom. The summed E-state index contributed by atoms with van der Waals surface area (Å²) in [6, 6.07) is 16.9. The molecule has 21 heavy (non-hydrogen) atoms. The number of aromatic nitrogens is 1. The van der Waals surface area contributed by atoms with Crippen molar-refractivity contribution in [1.29, 1.82) is 0 Å². The van der Waals surface area contributed by atoms with Crippen LogP contribution in [0.4, 0.5) is 0 Å². The quantitative estimate of drug-likeness (QED) is 0.653. The lowest BCUT2D eigenvalue weighted by atomic mass is 10.1. The van der Waals surface area contributed by atoms with Gasteiger partial charge >= 0.3 is 0 Å². The van der Waals surface area contributed by atoms with Crippen LogP contribution in [0.1, 0.15) is 23.7 Å². The number of hydrogen-bond acceptors (Lipinski definition) is 3. The SMILES string of the molecule is CCC(=O)c1cccc(Oc2ccc3cccnc3c2)c1. The summed E-state index contributed by atoms with van der Waals surface area (Å²) in [4.78, 5) is 16.0. The number of fused-ring (bicyclic) bond motifs is 1. The molecule has 0 atom stereocenters. The van der Waals surface area contributed by atoms with Crippen molar-refractivity contribution in [3.05, 3.63) is 66.4 Å². The lowest BCUT2D eigenvalue weighted by Gasteiger charge is -2.08.